The topological polar surface area (TPSA) is 98.7 Å². The molecule has 0 heterocycles. The maximum Gasteiger partial charge on any atom is 0.315 e. The van der Waals surface area contributed by atoms with Crippen LogP contribution in [0.2, 0.25) is 0 Å². The summed E-state index contributed by atoms with van der Waals surface area (Å²) in [5, 5.41) is 24.1. The first-order valence-electron chi connectivity index (χ1n) is 7.65. The molecule has 2 rings (SSSR count). The van der Waals surface area contributed by atoms with Crippen LogP contribution in [0.5, 0.6) is 0 Å². The van der Waals surface area contributed by atoms with Crippen LogP contribution < -0.4 is 10.6 Å². The fourth-order valence-electron chi connectivity index (χ4n) is 2.80. The van der Waals surface area contributed by atoms with Crippen molar-refractivity contribution in [1.82, 2.24) is 10.6 Å². The third kappa shape index (κ3) is 5.21. The number of aliphatic carboxylic acids is 1. The van der Waals surface area contributed by atoms with Gasteiger partial charge in [0.25, 0.3) is 0 Å². The third-order valence-electron chi connectivity index (χ3n) is 4.17. The molecule has 126 valence electrons. The van der Waals surface area contributed by atoms with E-state index in [4.69, 9.17) is 5.11 Å². The van der Waals surface area contributed by atoms with E-state index in [0.29, 0.717) is 25.7 Å². The Labute approximate surface area is 143 Å². The van der Waals surface area contributed by atoms with Crippen molar-refractivity contribution < 1.29 is 19.8 Å². The van der Waals surface area contributed by atoms with Gasteiger partial charge < -0.3 is 20.8 Å². The lowest BCUT2D eigenvalue weighted by molar-refractivity contribution is -0.142. The van der Waals surface area contributed by atoms with Crippen molar-refractivity contribution in [3.8, 4) is 0 Å². The minimum atomic E-state index is -0.761. The summed E-state index contributed by atoms with van der Waals surface area (Å²) in [7, 11) is 0. The van der Waals surface area contributed by atoms with E-state index in [-0.39, 0.29) is 24.6 Å². The Balaban J connectivity index is 1.84. The van der Waals surface area contributed by atoms with Gasteiger partial charge >= 0.3 is 12.0 Å². The van der Waals surface area contributed by atoms with Gasteiger partial charge in [-0.1, -0.05) is 28.1 Å². The number of rotatable bonds is 5. The highest BCUT2D eigenvalue weighted by Gasteiger charge is 2.27. The highest BCUT2D eigenvalue weighted by molar-refractivity contribution is 9.10. The van der Waals surface area contributed by atoms with Gasteiger partial charge in [0.1, 0.15) is 0 Å². The summed E-state index contributed by atoms with van der Waals surface area (Å²) < 4.78 is 0.928. The Morgan fingerprint density at radius 3 is 2.30 bits per heavy atom. The van der Waals surface area contributed by atoms with Crippen molar-refractivity contribution >= 4 is 27.9 Å². The Bertz CT molecular complexity index is 542. The van der Waals surface area contributed by atoms with Crippen molar-refractivity contribution in [2.45, 2.75) is 37.8 Å². The number of nitrogens with one attached hydrogen (secondary N) is 2. The summed E-state index contributed by atoms with van der Waals surface area (Å²) >= 11 is 3.34. The van der Waals surface area contributed by atoms with E-state index in [1.807, 2.05) is 24.3 Å². The van der Waals surface area contributed by atoms with Gasteiger partial charge in [-0.25, -0.2) is 4.79 Å². The predicted octanol–water partition coefficient (Wildman–Crippen LogP) is 2.43. The monoisotopic (exact) mass is 384 g/mol. The molecule has 1 aliphatic rings. The molecule has 7 heteroatoms. The smallest absolute Gasteiger partial charge is 0.315 e. The van der Waals surface area contributed by atoms with E-state index in [1.54, 1.807) is 0 Å². The van der Waals surface area contributed by atoms with Gasteiger partial charge in [-0.2, -0.15) is 0 Å². The molecule has 1 aromatic carbocycles. The molecule has 1 saturated carbocycles. The van der Waals surface area contributed by atoms with Crippen LogP contribution in [0.25, 0.3) is 0 Å². The van der Waals surface area contributed by atoms with Crippen LogP contribution in [-0.4, -0.2) is 34.9 Å². The maximum absolute atomic E-state index is 12.1. The number of halogens is 1. The summed E-state index contributed by atoms with van der Waals surface area (Å²) in [6.45, 7) is -0.194. The van der Waals surface area contributed by atoms with E-state index in [0.717, 1.165) is 10.0 Å². The fourth-order valence-corrected chi connectivity index (χ4v) is 3.06. The van der Waals surface area contributed by atoms with Gasteiger partial charge in [0, 0.05) is 10.5 Å². The van der Waals surface area contributed by atoms with Crippen LogP contribution in [0.4, 0.5) is 4.79 Å². The van der Waals surface area contributed by atoms with Gasteiger partial charge in [-0.15, -0.1) is 0 Å². The summed E-state index contributed by atoms with van der Waals surface area (Å²) in [6.07, 6.45) is 2.48. The molecule has 2 amide bonds. The Hall–Kier alpha value is -1.60. The molecule has 23 heavy (non-hydrogen) atoms. The molecular formula is C16H21BrN2O4. The number of benzene rings is 1. The Kier molecular flexibility index (Phi) is 6.41. The lowest BCUT2D eigenvalue weighted by atomic mass is 9.86. The molecule has 1 unspecified atom stereocenters. The van der Waals surface area contributed by atoms with Crippen molar-refractivity contribution in [3.63, 3.8) is 0 Å². The van der Waals surface area contributed by atoms with Gasteiger partial charge in [0.05, 0.1) is 18.6 Å². The lowest BCUT2D eigenvalue weighted by Crippen LogP contribution is -2.45. The first-order chi connectivity index (χ1) is 11.0. The summed E-state index contributed by atoms with van der Waals surface area (Å²) in [6, 6.07) is 6.54. The predicted molar refractivity (Wildman–Crippen MR) is 89.0 cm³/mol. The molecule has 6 nitrogen and oxygen atoms in total. The lowest BCUT2D eigenvalue weighted by Gasteiger charge is -2.27. The highest BCUT2D eigenvalue weighted by Crippen LogP contribution is 2.24. The van der Waals surface area contributed by atoms with Crippen molar-refractivity contribution in [2.24, 2.45) is 5.92 Å². The van der Waals surface area contributed by atoms with Crippen molar-refractivity contribution in [3.05, 3.63) is 34.3 Å². The molecule has 4 N–H and O–H groups in total. The van der Waals surface area contributed by atoms with Crippen LogP contribution in [0.1, 0.15) is 37.3 Å². The quantitative estimate of drug-likeness (QED) is 0.626. The van der Waals surface area contributed by atoms with Crippen LogP contribution in [-0.2, 0) is 4.79 Å². The molecule has 0 saturated heterocycles. The molecule has 0 spiro atoms. The van der Waals surface area contributed by atoms with Gasteiger partial charge in [-0.3, -0.25) is 4.79 Å². The zero-order chi connectivity index (χ0) is 16.8. The number of aliphatic hydroxyl groups excluding tert-OH is 1. The molecule has 1 fully saturated rings. The second kappa shape index (κ2) is 8.31. The van der Waals surface area contributed by atoms with E-state index in [1.165, 1.54) is 0 Å². The van der Waals surface area contributed by atoms with Crippen LogP contribution in [0, 0.1) is 5.92 Å². The number of aliphatic hydroxyl groups is 1. The standard InChI is InChI=1S/C16H21BrN2O4/c17-12-5-1-10(2-6-12)14(9-20)19-16(23)18-13-7-3-11(4-8-13)15(21)22/h1-2,5-6,11,13-14,20H,3-4,7-9H2,(H,21,22)(H2,18,19,23). The van der Waals surface area contributed by atoms with Gasteiger partial charge in [0.2, 0.25) is 0 Å². The number of hydrogen-bond donors (Lipinski definition) is 4. The molecule has 1 aromatic rings. The zero-order valence-electron chi connectivity index (χ0n) is 12.7. The number of hydrogen-bond acceptors (Lipinski definition) is 3. The molecule has 1 aliphatic carbocycles. The molecule has 0 aromatic heterocycles. The SMILES string of the molecule is O=C(NC1CCC(C(=O)O)CC1)NC(CO)c1ccc(Br)cc1. The number of urea groups is 1. The van der Waals surface area contributed by atoms with E-state index in [9.17, 15) is 14.7 Å². The molecule has 0 bridgehead atoms. The van der Waals surface area contributed by atoms with E-state index < -0.39 is 12.0 Å². The molecule has 0 radical (unpaired) electrons. The van der Waals surface area contributed by atoms with Crippen LogP contribution in [0.3, 0.4) is 0 Å². The summed E-state index contributed by atoms with van der Waals surface area (Å²) in [5.74, 6) is -1.06. The third-order valence-corrected chi connectivity index (χ3v) is 4.70. The zero-order valence-corrected chi connectivity index (χ0v) is 14.3. The second-order valence-electron chi connectivity index (χ2n) is 5.79. The van der Waals surface area contributed by atoms with E-state index in [2.05, 4.69) is 26.6 Å². The minimum Gasteiger partial charge on any atom is -0.481 e. The highest BCUT2D eigenvalue weighted by atomic mass is 79.9. The number of amides is 2. The van der Waals surface area contributed by atoms with Gasteiger partial charge in [0.15, 0.2) is 0 Å². The largest absolute Gasteiger partial charge is 0.481 e. The summed E-state index contributed by atoms with van der Waals surface area (Å²) in [4.78, 5) is 23.0. The molecule has 1 atom stereocenters. The van der Waals surface area contributed by atoms with E-state index >= 15 is 0 Å². The number of carbonyl (C=O) groups is 2. The fraction of sp³-hybridized carbons (Fsp3) is 0.500. The Morgan fingerprint density at radius 1 is 1.17 bits per heavy atom. The minimum absolute atomic E-state index is 0.0186. The normalized spacial score (nSPS) is 22.2. The van der Waals surface area contributed by atoms with Crippen LogP contribution >= 0.6 is 15.9 Å². The first-order valence-corrected chi connectivity index (χ1v) is 8.45. The average molecular weight is 385 g/mol. The average Bonchev–Trinajstić information content (AvgIpc) is 2.54. The van der Waals surface area contributed by atoms with Crippen molar-refractivity contribution in [2.75, 3.05) is 6.61 Å². The number of carboxylic acids is 1. The first kappa shape index (κ1) is 17.7. The van der Waals surface area contributed by atoms with Gasteiger partial charge in [-0.05, 0) is 43.4 Å². The number of carboxylic acid groups (broad SMARTS) is 1. The van der Waals surface area contributed by atoms with Crippen LogP contribution in [0.15, 0.2) is 28.7 Å². The Morgan fingerprint density at radius 2 is 1.78 bits per heavy atom. The maximum atomic E-state index is 12.1. The summed E-state index contributed by atoms with van der Waals surface area (Å²) in [5.41, 5.74) is 0.820. The molecule has 0 aliphatic heterocycles. The number of carbonyl (C=O) groups excluding carboxylic acids is 1. The van der Waals surface area contributed by atoms with Crippen molar-refractivity contribution in [1.29, 1.82) is 0 Å². The second-order valence-corrected chi connectivity index (χ2v) is 6.71. The molecular weight excluding hydrogens is 364 g/mol.